The van der Waals surface area contributed by atoms with Crippen LogP contribution in [0.3, 0.4) is 0 Å². The summed E-state index contributed by atoms with van der Waals surface area (Å²) in [5, 5.41) is 3.00. The first-order valence-electron chi connectivity index (χ1n) is 4.84. The average molecular weight is 231 g/mol. The van der Waals surface area contributed by atoms with Gasteiger partial charge >= 0.3 is 0 Å². The minimum atomic E-state index is -1.17. The third-order valence-corrected chi connectivity index (χ3v) is 2.96. The second-order valence-electron chi connectivity index (χ2n) is 2.71. The van der Waals surface area contributed by atoms with Crippen LogP contribution in [0.4, 0.5) is 10.1 Å². The van der Waals surface area contributed by atoms with Gasteiger partial charge in [0.2, 0.25) is 0 Å². The molecule has 0 aliphatic carbocycles. The van der Waals surface area contributed by atoms with Gasteiger partial charge in [-0.25, -0.2) is 4.39 Å². The molecular weight excluding hydrogens is 216 g/mol. The van der Waals surface area contributed by atoms with E-state index in [0.29, 0.717) is 18.9 Å². The van der Waals surface area contributed by atoms with Gasteiger partial charge in [-0.2, -0.15) is 0 Å². The number of benzene rings is 1. The van der Waals surface area contributed by atoms with E-state index in [-0.39, 0.29) is 5.82 Å². The van der Waals surface area contributed by atoms with Crippen LogP contribution in [0, 0.1) is 5.82 Å². The summed E-state index contributed by atoms with van der Waals surface area (Å²) in [4.78, 5) is 0. The first-order valence-corrected chi connectivity index (χ1v) is 6.02. The van der Waals surface area contributed by atoms with Crippen molar-refractivity contribution in [3.05, 3.63) is 30.1 Å². The summed E-state index contributed by atoms with van der Waals surface area (Å²) in [6.45, 7) is 4.91. The van der Waals surface area contributed by atoms with Crippen LogP contribution in [-0.2, 0) is 9.05 Å². The highest BCUT2D eigenvalue weighted by molar-refractivity contribution is 7.48. The smallest absolute Gasteiger partial charge is 0.287 e. The maximum absolute atomic E-state index is 12.9. The number of halogens is 1. The quantitative estimate of drug-likeness (QED) is 0.759. The molecule has 0 spiro atoms. The van der Waals surface area contributed by atoms with Crippen molar-refractivity contribution in [2.45, 2.75) is 13.8 Å². The lowest BCUT2D eigenvalue weighted by Gasteiger charge is -2.16. The molecule has 3 nitrogen and oxygen atoms in total. The third-order valence-electron chi connectivity index (χ3n) is 1.54. The van der Waals surface area contributed by atoms with Crippen LogP contribution in [-0.4, -0.2) is 13.2 Å². The Balaban J connectivity index is 2.56. The minimum Gasteiger partial charge on any atom is -0.320 e. The van der Waals surface area contributed by atoms with Crippen molar-refractivity contribution in [1.29, 1.82) is 0 Å². The molecule has 0 radical (unpaired) electrons. The zero-order valence-corrected chi connectivity index (χ0v) is 9.76. The Morgan fingerprint density at radius 1 is 1.27 bits per heavy atom. The summed E-state index contributed by atoms with van der Waals surface area (Å²) in [5.74, 6) is -0.275. The lowest BCUT2D eigenvalue weighted by atomic mass is 10.3. The zero-order chi connectivity index (χ0) is 11.1. The van der Waals surface area contributed by atoms with E-state index in [4.69, 9.17) is 9.05 Å². The second-order valence-corrected chi connectivity index (χ2v) is 3.97. The fraction of sp³-hybridized carbons (Fsp3) is 0.400. The Labute approximate surface area is 90.6 Å². The first-order chi connectivity index (χ1) is 7.26. The van der Waals surface area contributed by atoms with E-state index in [0.717, 1.165) is 0 Å². The van der Waals surface area contributed by atoms with Crippen molar-refractivity contribution in [3.8, 4) is 0 Å². The molecule has 0 aromatic heterocycles. The molecule has 5 heteroatoms. The van der Waals surface area contributed by atoms with Crippen molar-refractivity contribution in [2.75, 3.05) is 18.3 Å². The number of anilines is 1. The number of nitrogens with one attached hydrogen (secondary N) is 1. The molecule has 1 rings (SSSR count). The molecule has 1 aromatic rings. The summed E-state index contributed by atoms with van der Waals surface area (Å²) in [6.07, 6.45) is 0. The predicted molar refractivity (Wildman–Crippen MR) is 60.2 cm³/mol. The van der Waals surface area contributed by atoms with Gasteiger partial charge < -0.3 is 14.1 Å². The van der Waals surface area contributed by atoms with Gasteiger partial charge in [0.05, 0.1) is 13.2 Å². The summed E-state index contributed by atoms with van der Waals surface area (Å²) in [6, 6.07) is 6.22. The molecule has 84 valence electrons. The molecule has 0 fully saturated rings. The van der Waals surface area contributed by atoms with E-state index in [2.05, 4.69) is 5.09 Å². The Morgan fingerprint density at radius 2 is 1.93 bits per heavy atom. The topological polar surface area (TPSA) is 30.5 Å². The fourth-order valence-corrected chi connectivity index (χ4v) is 2.02. The van der Waals surface area contributed by atoms with E-state index in [1.807, 2.05) is 13.8 Å². The largest absolute Gasteiger partial charge is 0.320 e. The van der Waals surface area contributed by atoms with Gasteiger partial charge in [-0.15, -0.1) is 0 Å². The van der Waals surface area contributed by atoms with Crippen LogP contribution in [0.2, 0.25) is 0 Å². The van der Waals surface area contributed by atoms with Gasteiger partial charge in [-0.1, -0.05) is 6.07 Å². The molecule has 0 heterocycles. The Hall–Kier alpha value is -0.700. The van der Waals surface area contributed by atoms with Crippen LogP contribution < -0.4 is 5.09 Å². The second kappa shape index (κ2) is 6.72. The van der Waals surface area contributed by atoms with Crippen molar-refractivity contribution in [2.24, 2.45) is 0 Å². The molecule has 1 aromatic carbocycles. The van der Waals surface area contributed by atoms with Gasteiger partial charge in [0.1, 0.15) is 5.82 Å². The van der Waals surface area contributed by atoms with Crippen LogP contribution in [0.5, 0.6) is 0 Å². The monoisotopic (exact) mass is 231 g/mol. The number of rotatable bonds is 6. The molecule has 0 atom stereocenters. The highest BCUT2D eigenvalue weighted by Crippen LogP contribution is 2.38. The van der Waals surface area contributed by atoms with Gasteiger partial charge in [0.25, 0.3) is 8.53 Å². The molecular formula is C10H15FNO2P. The van der Waals surface area contributed by atoms with Gasteiger partial charge in [-0.05, 0) is 32.0 Å². The van der Waals surface area contributed by atoms with Crippen LogP contribution in [0.15, 0.2) is 24.3 Å². The number of hydrogen-bond donors (Lipinski definition) is 1. The van der Waals surface area contributed by atoms with Crippen molar-refractivity contribution in [1.82, 2.24) is 0 Å². The Bertz CT molecular complexity index is 293. The minimum absolute atomic E-state index is 0.275. The van der Waals surface area contributed by atoms with E-state index < -0.39 is 8.53 Å². The summed E-state index contributed by atoms with van der Waals surface area (Å²) in [5.41, 5.74) is 0.669. The molecule has 0 bridgehead atoms. The maximum atomic E-state index is 12.9. The van der Waals surface area contributed by atoms with Gasteiger partial charge in [0.15, 0.2) is 0 Å². The van der Waals surface area contributed by atoms with Gasteiger partial charge in [-0.3, -0.25) is 0 Å². The SMILES string of the molecule is CCOP(Nc1cccc(F)c1)OCC. The lowest BCUT2D eigenvalue weighted by Crippen LogP contribution is -2.00. The molecule has 0 saturated carbocycles. The Morgan fingerprint density at radius 3 is 2.47 bits per heavy atom. The maximum Gasteiger partial charge on any atom is 0.287 e. The van der Waals surface area contributed by atoms with E-state index in [9.17, 15) is 4.39 Å². The third kappa shape index (κ3) is 4.56. The first kappa shape index (κ1) is 12.4. The van der Waals surface area contributed by atoms with Crippen molar-refractivity contribution in [3.63, 3.8) is 0 Å². The lowest BCUT2D eigenvalue weighted by molar-refractivity contribution is 0.273. The molecule has 0 amide bonds. The molecule has 0 saturated heterocycles. The highest BCUT2D eigenvalue weighted by atomic mass is 31.2. The van der Waals surface area contributed by atoms with E-state index in [1.165, 1.54) is 12.1 Å². The molecule has 1 N–H and O–H groups in total. The molecule has 0 unspecified atom stereocenters. The van der Waals surface area contributed by atoms with Crippen LogP contribution in [0.1, 0.15) is 13.8 Å². The standard InChI is InChI=1S/C10H15FNO2P/c1-3-13-15(14-4-2)12-10-7-5-6-9(11)8-10/h5-8,12H,3-4H2,1-2H3. The molecule has 15 heavy (non-hydrogen) atoms. The highest BCUT2D eigenvalue weighted by Gasteiger charge is 2.09. The van der Waals surface area contributed by atoms with Crippen LogP contribution in [0.25, 0.3) is 0 Å². The summed E-state index contributed by atoms with van der Waals surface area (Å²) < 4.78 is 23.5. The van der Waals surface area contributed by atoms with Crippen LogP contribution >= 0.6 is 8.53 Å². The predicted octanol–water partition coefficient (Wildman–Crippen LogP) is 3.54. The molecule has 0 aliphatic rings. The van der Waals surface area contributed by atoms with Crippen molar-refractivity contribution >= 4 is 14.2 Å². The Kier molecular flexibility index (Phi) is 5.54. The summed E-state index contributed by atoms with van der Waals surface area (Å²) >= 11 is 0. The van der Waals surface area contributed by atoms with E-state index in [1.54, 1.807) is 12.1 Å². The van der Waals surface area contributed by atoms with E-state index >= 15 is 0 Å². The van der Waals surface area contributed by atoms with Gasteiger partial charge in [0, 0.05) is 5.69 Å². The number of hydrogen-bond acceptors (Lipinski definition) is 3. The summed E-state index contributed by atoms with van der Waals surface area (Å²) in [7, 11) is -1.17. The van der Waals surface area contributed by atoms with Crippen molar-refractivity contribution < 1.29 is 13.4 Å². The normalized spacial score (nSPS) is 10.7. The zero-order valence-electron chi connectivity index (χ0n) is 8.87. The molecule has 0 aliphatic heterocycles. The fourth-order valence-electron chi connectivity index (χ4n) is 1.000. The average Bonchev–Trinajstić information content (AvgIpc) is 2.18.